The highest BCUT2D eigenvalue weighted by atomic mass is 16.7. The summed E-state index contributed by atoms with van der Waals surface area (Å²) < 4.78 is 13.7. The molecule has 3 aliphatic heterocycles. The van der Waals surface area contributed by atoms with Crippen LogP contribution >= 0.6 is 0 Å². The molecular weight excluding hydrogens is 314 g/mol. The third kappa shape index (κ3) is 2.22. The summed E-state index contributed by atoms with van der Waals surface area (Å²) in [5.41, 5.74) is -0.327. The van der Waals surface area contributed by atoms with Gasteiger partial charge in [-0.1, -0.05) is 6.92 Å². The predicted octanol–water partition coefficient (Wildman–Crippen LogP) is 3.14. The molecule has 0 aromatic carbocycles. The summed E-state index contributed by atoms with van der Waals surface area (Å²) >= 11 is 0. The Morgan fingerprint density at radius 2 is 1.88 bits per heavy atom. The summed E-state index contributed by atoms with van der Waals surface area (Å²) in [6, 6.07) is 0. The topological polar surface area (TPSA) is 38.8 Å². The molecular formula is C21H34NO3+. The van der Waals surface area contributed by atoms with Gasteiger partial charge >= 0.3 is 5.97 Å². The monoisotopic (exact) mass is 348 g/mol. The number of esters is 1. The van der Waals surface area contributed by atoms with Crippen molar-refractivity contribution in [3.8, 4) is 0 Å². The first-order valence-corrected chi connectivity index (χ1v) is 10.6. The van der Waals surface area contributed by atoms with Crippen LogP contribution in [0.15, 0.2) is 0 Å². The van der Waals surface area contributed by atoms with Gasteiger partial charge in [0.1, 0.15) is 17.6 Å². The molecule has 7 atom stereocenters. The van der Waals surface area contributed by atoms with Crippen LogP contribution in [0.4, 0.5) is 0 Å². The molecule has 5 fully saturated rings. The SMILES string of the molecule is C[C@@H]1CC[C@H]2[C@@H](C[N+]3(C)CCCCC3)C(=O)O[C@]23[C@H]1CC[C@@]1(C)O[C@@H]31. The van der Waals surface area contributed by atoms with Crippen molar-refractivity contribution in [2.75, 3.05) is 26.7 Å². The summed E-state index contributed by atoms with van der Waals surface area (Å²) in [5.74, 6) is 1.72. The smallest absolute Gasteiger partial charge is 0.315 e. The fourth-order valence-electron chi connectivity index (χ4n) is 7.19. The van der Waals surface area contributed by atoms with Gasteiger partial charge in [0.15, 0.2) is 0 Å². The second-order valence-electron chi connectivity index (χ2n) is 10.3. The largest absolute Gasteiger partial charge is 0.455 e. The van der Waals surface area contributed by atoms with Gasteiger partial charge in [-0.25, -0.2) is 0 Å². The van der Waals surface area contributed by atoms with Crippen molar-refractivity contribution < 1.29 is 18.8 Å². The average molecular weight is 349 g/mol. The van der Waals surface area contributed by atoms with Gasteiger partial charge in [0.05, 0.1) is 32.3 Å². The van der Waals surface area contributed by atoms with Crippen LogP contribution in [0.2, 0.25) is 0 Å². The van der Waals surface area contributed by atoms with Crippen molar-refractivity contribution in [1.82, 2.24) is 0 Å². The third-order valence-electron chi connectivity index (χ3n) is 8.62. The number of carbonyl (C=O) groups excluding carboxylic acids is 1. The molecule has 2 saturated carbocycles. The number of nitrogens with zero attached hydrogens (tertiary/aromatic N) is 1. The molecule has 3 saturated heterocycles. The van der Waals surface area contributed by atoms with E-state index in [9.17, 15) is 4.79 Å². The summed E-state index contributed by atoms with van der Waals surface area (Å²) in [6.07, 6.45) is 8.81. The zero-order valence-corrected chi connectivity index (χ0v) is 16.1. The molecule has 5 aliphatic rings. The van der Waals surface area contributed by atoms with Crippen LogP contribution in [0.5, 0.6) is 0 Å². The number of epoxide rings is 1. The zero-order chi connectivity index (χ0) is 17.4. The van der Waals surface area contributed by atoms with Gasteiger partial charge in [-0.15, -0.1) is 0 Å². The van der Waals surface area contributed by atoms with Gasteiger partial charge in [-0.2, -0.15) is 0 Å². The Hall–Kier alpha value is -0.610. The Morgan fingerprint density at radius 1 is 1.12 bits per heavy atom. The Morgan fingerprint density at radius 3 is 2.64 bits per heavy atom. The van der Waals surface area contributed by atoms with E-state index in [-0.39, 0.29) is 29.2 Å². The quantitative estimate of drug-likeness (QED) is 0.437. The number of hydrogen-bond acceptors (Lipinski definition) is 3. The number of hydrogen-bond donors (Lipinski definition) is 0. The van der Waals surface area contributed by atoms with Crippen LogP contribution in [-0.4, -0.2) is 54.4 Å². The van der Waals surface area contributed by atoms with E-state index < -0.39 is 0 Å². The molecule has 25 heavy (non-hydrogen) atoms. The number of ether oxygens (including phenoxy) is 2. The minimum Gasteiger partial charge on any atom is -0.455 e. The molecule has 1 spiro atoms. The Kier molecular flexibility index (Phi) is 3.46. The first-order valence-electron chi connectivity index (χ1n) is 10.6. The second kappa shape index (κ2) is 5.22. The molecule has 4 nitrogen and oxygen atoms in total. The number of fused-ring (bicyclic) bond motifs is 1. The van der Waals surface area contributed by atoms with Crippen molar-refractivity contribution in [2.24, 2.45) is 23.7 Å². The van der Waals surface area contributed by atoms with Crippen molar-refractivity contribution in [1.29, 1.82) is 0 Å². The molecule has 0 bridgehead atoms. The van der Waals surface area contributed by atoms with E-state index in [1.54, 1.807) is 0 Å². The highest BCUT2D eigenvalue weighted by Crippen LogP contribution is 2.66. The molecule has 0 aromatic rings. The average Bonchev–Trinajstić information content (AvgIpc) is 3.20. The van der Waals surface area contributed by atoms with Crippen LogP contribution < -0.4 is 0 Å². The van der Waals surface area contributed by atoms with Crippen molar-refractivity contribution in [3.63, 3.8) is 0 Å². The first-order chi connectivity index (χ1) is 11.9. The van der Waals surface area contributed by atoms with Gasteiger partial charge in [0, 0.05) is 11.8 Å². The summed E-state index contributed by atoms with van der Waals surface area (Å²) in [4.78, 5) is 13.1. The normalized spacial score (nSPS) is 53.4. The van der Waals surface area contributed by atoms with E-state index in [0.29, 0.717) is 17.8 Å². The summed E-state index contributed by atoms with van der Waals surface area (Å²) in [5, 5.41) is 0. The van der Waals surface area contributed by atoms with Gasteiger partial charge in [-0.3, -0.25) is 4.79 Å². The van der Waals surface area contributed by atoms with Crippen molar-refractivity contribution in [2.45, 2.75) is 76.1 Å². The fraction of sp³-hybridized carbons (Fsp3) is 0.952. The van der Waals surface area contributed by atoms with Crippen LogP contribution in [-0.2, 0) is 14.3 Å². The zero-order valence-electron chi connectivity index (χ0n) is 16.1. The van der Waals surface area contributed by atoms with Gasteiger partial charge < -0.3 is 14.0 Å². The van der Waals surface area contributed by atoms with E-state index in [1.807, 2.05) is 0 Å². The lowest BCUT2D eigenvalue weighted by Crippen LogP contribution is -2.59. The maximum atomic E-state index is 13.1. The first kappa shape index (κ1) is 16.6. The van der Waals surface area contributed by atoms with Crippen LogP contribution in [0.25, 0.3) is 0 Å². The number of piperidine rings is 1. The van der Waals surface area contributed by atoms with E-state index >= 15 is 0 Å². The standard InChI is InChI=1S/C21H34NO3/c1-14-7-8-17-15(13-22(3)11-5-4-6-12-22)18(23)24-21(17)16(14)9-10-20(2)19(21)25-20/h14-17,19H,4-13H2,1-3H3/q+1/t14-,15-,16+,17+,19-,20-,21-/m1/s1. The summed E-state index contributed by atoms with van der Waals surface area (Å²) in [7, 11) is 2.36. The highest BCUT2D eigenvalue weighted by molar-refractivity contribution is 5.77. The molecule has 2 aliphatic carbocycles. The van der Waals surface area contributed by atoms with E-state index in [2.05, 4.69) is 20.9 Å². The number of quaternary nitrogens is 1. The van der Waals surface area contributed by atoms with Crippen LogP contribution in [0.1, 0.15) is 58.8 Å². The van der Waals surface area contributed by atoms with Gasteiger partial charge in [0.2, 0.25) is 0 Å². The Balaban J connectivity index is 1.47. The molecule has 4 heteroatoms. The lowest BCUT2D eigenvalue weighted by molar-refractivity contribution is -0.916. The van der Waals surface area contributed by atoms with Crippen LogP contribution in [0.3, 0.4) is 0 Å². The number of likely N-dealkylation sites (tertiary alicyclic amines) is 1. The third-order valence-corrected chi connectivity index (χ3v) is 8.62. The van der Waals surface area contributed by atoms with Crippen molar-refractivity contribution in [3.05, 3.63) is 0 Å². The van der Waals surface area contributed by atoms with Gasteiger partial charge in [0.25, 0.3) is 0 Å². The maximum absolute atomic E-state index is 13.1. The lowest BCUT2D eigenvalue weighted by Gasteiger charge is -2.50. The van der Waals surface area contributed by atoms with E-state index in [0.717, 1.165) is 30.3 Å². The molecule has 0 unspecified atom stereocenters. The number of rotatable bonds is 2. The Labute approximate surface area is 151 Å². The predicted molar refractivity (Wildman–Crippen MR) is 94.8 cm³/mol. The molecule has 5 rings (SSSR count). The molecule has 0 amide bonds. The number of carbonyl (C=O) groups is 1. The van der Waals surface area contributed by atoms with Crippen LogP contribution in [0, 0.1) is 23.7 Å². The minimum absolute atomic E-state index is 0.0232. The summed E-state index contributed by atoms with van der Waals surface area (Å²) in [6.45, 7) is 8.03. The van der Waals surface area contributed by atoms with Crippen molar-refractivity contribution >= 4 is 5.97 Å². The molecule has 140 valence electrons. The fourth-order valence-corrected chi connectivity index (χ4v) is 7.19. The van der Waals surface area contributed by atoms with E-state index in [4.69, 9.17) is 9.47 Å². The maximum Gasteiger partial charge on any atom is 0.315 e. The second-order valence-corrected chi connectivity index (χ2v) is 10.3. The lowest BCUT2D eigenvalue weighted by atomic mass is 9.55. The van der Waals surface area contributed by atoms with Gasteiger partial charge in [-0.05, 0) is 57.8 Å². The molecule has 0 aromatic heterocycles. The minimum atomic E-state index is -0.304. The van der Waals surface area contributed by atoms with E-state index in [1.165, 1.54) is 38.8 Å². The highest BCUT2D eigenvalue weighted by Gasteiger charge is 2.77. The Bertz CT molecular complexity index is 586. The molecule has 0 radical (unpaired) electrons. The molecule has 3 heterocycles. The molecule has 0 N–H and O–H groups in total.